The molecule has 1 fully saturated rings. The summed E-state index contributed by atoms with van der Waals surface area (Å²) >= 11 is 0. The number of nitrogens with zero attached hydrogens (tertiary/aromatic N) is 2. The molecular formula is C16H21N3O. The maximum atomic E-state index is 5.81. The highest BCUT2D eigenvalue weighted by atomic mass is 16.5. The van der Waals surface area contributed by atoms with Crippen molar-refractivity contribution in [3.05, 3.63) is 48.0 Å². The molecule has 4 nitrogen and oxygen atoms in total. The van der Waals surface area contributed by atoms with Crippen molar-refractivity contribution in [3.8, 4) is 5.75 Å². The fourth-order valence-electron chi connectivity index (χ4n) is 2.71. The summed E-state index contributed by atoms with van der Waals surface area (Å²) in [5.74, 6) is 0.936. The van der Waals surface area contributed by atoms with Gasteiger partial charge in [0.15, 0.2) is 0 Å². The number of aryl methyl sites for hydroxylation is 1. The van der Waals surface area contributed by atoms with Crippen LogP contribution in [0.4, 0.5) is 0 Å². The molecule has 0 amide bonds. The van der Waals surface area contributed by atoms with E-state index >= 15 is 0 Å². The van der Waals surface area contributed by atoms with Crippen LogP contribution in [-0.2, 0) is 6.54 Å². The Labute approximate surface area is 119 Å². The number of hydrogen-bond donors (Lipinski definition) is 1. The second kappa shape index (κ2) is 6.09. The zero-order valence-electron chi connectivity index (χ0n) is 11.9. The predicted octanol–water partition coefficient (Wildman–Crippen LogP) is 2.70. The molecule has 0 saturated carbocycles. The summed E-state index contributed by atoms with van der Waals surface area (Å²) in [7, 11) is 0. The molecule has 1 N–H and O–H groups in total. The van der Waals surface area contributed by atoms with Crippen LogP contribution in [0.1, 0.15) is 30.1 Å². The summed E-state index contributed by atoms with van der Waals surface area (Å²) < 4.78 is 8.00. The van der Waals surface area contributed by atoms with Gasteiger partial charge < -0.3 is 14.6 Å². The molecule has 0 bridgehead atoms. The van der Waals surface area contributed by atoms with E-state index < -0.39 is 0 Å². The van der Waals surface area contributed by atoms with Gasteiger partial charge in [-0.2, -0.15) is 0 Å². The van der Waals surface area contributed by atoms with Gasteiger partial charge in [-0.05, 0) is 44.0 Å². The average molecular weight is 271 g/mol. The van der Waals surface area contributed by atoms with Gasteiger partial charge in [0.05, 0.1) is 18.6 Å². The van der Waals surface area contributed by atoms with Gasteiger partial charge in [0, 0.05) is 12.2 Å². The van der Waals surface area contributed by atoms with Crippen molar-refractivity contribution >= 4 is 0 Å². The van der Waals surface area contributed by atoms with E-state index in [4.69, 9.17) is 4.74 Å². The third kappa shape index (κ3) is 3.02. The maximum absolute atomic E-state index is 5.81. The molecule has 0 spiro atoms. The molecule has 1 aromatic carbocycles. The number of benzene rings is 1. The van der Waals surface area contributed by atoms with Crippen molar-refractivity contribution in [2.24, 2.45) is 0 Å². The predicted molar refractivity (Wildman–Crippen MR) is 78.9 cm³/mol. The smallest absolute Gasteiger partial charge is 0.119 e. The number of hydrogen-bond acceptors (Lipinski definition) is 3. The van der Waals surface area contributed by atoms with Crippen LogP contribution in [0.3, 0.4) is 0 Å². The Morgan fingerprint density at radius 3 is 3.20 bits per heavy atom. The normalized spacial score (nSPS) is 18.4. The quantitative estimate of drug-likeness (QED) is 0.908. The number of imidazole rings is 1. The molecule has 1 aliphatic heterocycles. The molecular weight excluding hydrogens is 250 g/mol. The molecule has 3 rings (SSSR count). The molecule has 1 unspecified atom stereocenters. The Kier molecular flexibility index (Phi) is 4.02. The lowest BCUT2D eigenvalue weighted by molar-refractivity contribution is 0.295. The lowest BCUT2D eigenvalue weighted by Crippen LogP contribution is -2.18. The molecule has 4 heteroatoms. The van der Waals surface area contributed by atoms with Crippen LogP contribution in [-0.4, -0.2) is 22.7 Å². The zero-order valence-corrected chi connectivity index (χ0v) is 11.9. The first-order valence-electron chi connectivity index (χ1n) is 7.26. The lowest BCUT2D eigenvalue weighted by Gasteiger charge is -2.14. The summed E-state index contributed by atoms with van der Waals surface area (Å²) in [5.41, 5.74) is 2.50. The van der Waals surface area contributed by atoms with Crippen molar-refractivity contribution < 1.29 is 4.74 Å². The van der Waals surface area contributed by atoms with Crippen molar-refractivity contribution in [1.29, 1.82) is 0 Å². The molecule has 2 heterocycles. The number of aromatic nitrogens is 2. The molecule has 1 saturated heterocycles. The van der Waals surface area contributed by atoms with Crippen LogP contribution in [0.15, 0.2) is 36.8 Å². The van der Waals surface area contributed by atoms with E-state index in [1.807, 2.05) is 24.7 Å². The van der Waals surface area contributed by atoms with Crippen molar-refractivity contribution in [1.82, 2.24) is 14.9 Å². The summed E-state index contributed by atoms with van der Waals surface area (Å²) in [5, 5.41) is 3.51. The minimum absolute atomic E-state index is 0.455. The van der Waals surface area contributed by atoms with Crippen LogP contribution in [0, 0.1) is 6.92 Å². The van der Waals surface area contributed by atoms with E-state index in [0.717, 1.165) is 18.8 Å². The van der Waals surface area contributed by atoms with Crippen LogP contribution in [0.5, 0.6) is 5.75 Å². The number of ether oxygens (including phenoxy) is 1. The first-order valence-corrected chi connectivity index (χ1v) is 7.26. The van der Waals surface area contributed by atoms with Crippen LogP contribution >= 0.6 is 0 Å². The summed E-state index contributed by atoms with van der Waals surface area (Å²) in [6, 6.07) is 8.62. The average Bonchev–Trinajstić information content (AvgIpc) is 3.09. The second-order valence-electron chi connectivity index (χ2n) is 5.33. The van der Waals surface area contributed by atoms with E-state index in [9.17, 15) is 0 Å². The van der Waals surface area contributed by atoms with Gasteiger partial charge in [-0.15, -0.1) is 0 Å². The molecule has 1 aromatic heterocycles. The first-order chi connectivity index (χ1) is 9.83. The lowest BCUT2D eigenvalue weighted by atomic mass is 10.2. The van der Waals surface area contributed by atoms with Crippen LogP contribution in [0.25, 0.3) is 0 Å². The monoisotopic (exact) mass is 271 g/mol. The highest BCUT2D eigenvalue weighted by molar-refractivity contribution is 5.27. The molecule has 2 aromatic rings. The summed E-state index contributed by atoms with van der Waals surface area (Å²) in [6.45, 7) is 4.68. The Hall–Kier alpha value is -1.81. The largest absolute Gasteiger partial charge is 0.492 e. The molecule has 1 aliphatic rings. The molecule has 106 valence electrons. The Morgan fingerprint density at radius 2 is 2.40 bits per heavy atom. The third-order valence-electron chi connectivity index (χ3n) is 3.75. The minimum atomic E-state index is 0.455. The minimum Gasteiger partial charge on any atom is -0.492 e. The van der Waals surface area contributed by atoms with E-state index in [0.29, 0.717) is 12.6 Å². The van der Waals surface area contributed by atoms with Gasteiger partial charge >= 0.3 is 0 Å². The standard InChI is InChI=1S/C16H21N3O/c1-13-4-2-5-14(10-13)20-9-8-19-12-17-11-16(19)15-6-3-7-18-15/h2,4-5,10-12,15,18H,3,6-9H2,1H3. The molecule has 0 radical (unpaired) electrons. The fourth-order valence-corrected chi connectivity index (χ4v) is 2.71. The number of rotatable bonds is 5. The van der Waals surface area contributed by atoms with Crippen molar-refractivity contribution in [2.45, 2.75) is 32.4 Å². The van der Waals surface area contributed by atoms with Gasteiger partial charge in [-0.3, -0.25) is 0 Å². The Bertz CT molecular complexity index is 558. The van der Waals surface area contributed by atoms with Crippen molar-refractivity contribution in [2.75, 3.05) is 13.2 Å². The van der Waals surface area contributed by atoms with E-state index in [1.54, 1.807) is 0 Å². The van der Waals surface area contributed by atoms with Crippen molar-refractivity contribution in [3.63, 3.8) is 0 Å². The van der Waals surface area contributed by atoms with Gasteiger partial charge in [0.1, 0.15) is 12.4 Å². The second-order valence-corrected chi connectivity index (χ2v) is 5.33. The molecule has 0 aliphatic carbocycles. The molecule has 1 atom stereocenters. The first kappa shape index (κ1) is 13.2. The number of nitrogens with one attached hydrogen (secondary N) is 1. The SMILES string of the molecule is Cc1cccc(OCCn2cncc2C2CCCN2)c1. The Balaban J connectivity index is 1.57. The van der Waals surface area contributed by atoms with E-state index in [2.05, 4.69) is 33.9 Å². The van der Waals surface area contributed by atoms with E-state index in [-0.39, 0.29) is 0 Å². The van der Waals surface area contributed by atoms with Gasteiger partial charge in [-0.1, -0.05) is 12.1 Å². The Morgan fingerprint density at radius 1 is 1.45 bits per heavy atom. The van der Waals surface area contributed by atoms with E-state index in [1.165, 1.54) is 24.1 Å². The third-order valence-corrected chi connectivity index (χ3v) is 3.75. The molecule has 20 heavy (non-hydrogen) atoms. The fraction of sp³-hybridized carbons (Fsp3) is 0.438. The summed E-state index contributed by atoms with van der Waals surface area (Å²) in [4.78, 5) is 4.27. The van der Waals surface area contributed by atoms with Gasteiger partial charge in [-0.25, -0.2) is 4.98 Å². The zero-order chi connectivity index (χ0) is 13.8. The highest BCUT2D eigenvalue weighted by Gasteiger charge is 2.19. The summed E-state index contributed by atoms with van der Waals surface area (Å²) in [6.07, 6.45) is 6.31. The van der Waals surface area contributed by atoms with Crippen LogP contribution < -0.4 is 10.1 Å². The van der Waals surface area contributed by atoms with Gasteiger partial charge in [0.25, 0.3) is 0 Å². The van der Waals surface area contributed by atoms with Crippen LogP contribution in [0.2, 0.25) is 0 Å². The maximum Gasteiger partial charge on any atom is 0.119 e. The topological polar surface area (TPSA) is 39.1 Å². The highest BCUT2D eigenvalue weighted by Crippen LogP contribution is 2.22. The van der Waals surface area contributed by atoms with Gasteiger partial charge in [0.2, 0.25) is 0 Å².